The van der Waals surface area contributed by atoms with Crippen LogP contribution < -0.4 is 0 Å². The van der Waals surface area contributed by atoms with Crippen molar-refractivity contribution in [1.29, 1.82) is 0 Å². The van der Waals surface area contributed by atoms with Crippen LogP contribution in [0.3, 0.4) is 0 Å². The van der Waals surface area contributed by atoms with Crippen LogP contribution in [0.15, 0.2) is 0 Å². The average molecular weight is 273 g/mol. The van der Waals surface area contributed by atoms with Gasteiger partial charge in [0.2, 0.25) is 0 Å². The van der Waals surface area contributed by atoms with Crippen molar-refractivity contribution in [2.24, 2.45) is 0 Å². The normalized spacial score (nSPS) is 5.54. The third kappa shape index (κ3) is 156. The van der Waals surface area contributed by atoms with Crippen LogP contribution in [0.1, 0.15) is 33.6 Å². The molecule has 13 heavy (non-hydrogen) atoms. The van der Waals surface area contributed by atoms with Gasteiger partial charge in [-0.1, -0.05) is 13.3 Å². The van der Waals surface area contributed by atoms with Crippen molar-refractivity contribution in [2.45, 2.75) is 33.6 Å². The van der Waals surface area contributed by atoms with Crippen LogP contribution in [0.5, 0.6) is 0 Å². The molecule has 0 unspecified atom stereocenters. The quantitative estimate of drug-likeness (QED) is 0.436. The van der Waals surface area contributed by atoms with Crippen molar-refractivity contribution < 1.29 is 33.9 Å². The third-order valence-electron chi connectivity index (χ3n) is 0.750. The Hall–Kier alpha value is -0.367. The van der Waals surface area contributed by atoms with Crippen molar-refractivity contribution in [1.82, 2.24) is 0 Å². The molecule has 0 aliphatic heterocycles. The molecule has 0 aliphatic carbocycles. The first-order valence-corrected chi connectivity index (χ1v) is 3.27. The smallest absolute Gasteiger partial charge is 0.545 e. The van der Waals surface area contributed by atoms with Crippen molar-refractivity contribution in [3.05, 3.63) is 5.92 Å². The molecule has 0 N–H and O–H groups in total. The van der Waals surface area contributed by atoms with Crippen LogP contribution in [0.4, 0.5) is 0 Å². The molecule has 0 bridgehead atoms. The summed E-state index contributed by atoms with van der Waals surface area (Å²) in [5.74, 6) is 1.54. The number of carbonyl (C=O) groups excluding carboxylic acids is 3. The van der Waals surface area contributed by atoms with E-state index in [2.05, 4.69) is 41.1 Å². The van der Waals surface area contributed by atoms with Crippen molar-refractivity contribution in [3.63, 3.8) is 0 Å². The summed E-state index contributed by atoms with van der Waals surface area (Å²) in [6, 6.07) is 0. The molecular formula is C9H16O3Ru. The standard InChI is InChI=1S/C6H13.3CHO.Ru/c1-4-5-6(2)3;3*1-2;/h4-5H2,1-3H3;3*1H;/q4*-1;+4. The molecule has 0 aromatic heterocycles. The Morgan fingerprint density at radius 3 is 1.15 bits per heavy atom. The van der Waals surface area contributed by atoms with E-state index in [-0.39, 0.29) is 19.5 Å². The Bertz CT molecular complexity index is 56.1. The van der Waals surface area contributed by atoms with Crippen molar-refractivity contribution in [2.75, 3.05) is 0 Å². The van der Waals surface area contributed by atoms with Crippen molar-refractivity contribution in [3.8, 4) is 0 Å². The third-order valence-corrected chi connectivity index (χ3v) is 0.750. The summed E-state index contributed by atoms with van der Waals surface area (Å²) < 4.78 is 0. The molecule has 78 valence electrons. The summed E-state index contributed by atoms with van der Waals surface area (Å²) in [6.45, 7) is 16.3. The van der Waals surface area contributed by atoms with Crippen LogP contribution >= 0.6 is 0 Å². The van der Waals surface area contributed by atoms with Gasteiger partial charge in [0.1, 0.15) is 0 Å². The van der Waals surface area contributed by atoms with Gasteiger partial charge in [-0.05, 0) is 0 Å². The zero-order valence-corrected chi connectivity index (χ0v) is 9.96. The van der Waals surface area contributed by atoms with Crippen LogP contribution in [-0.2, 0) is 33.9 Å². The first kappa shape index (κ1) is 29.3. The maximum Gasteiger partial charge on any atom is 4.00 e. The first-order valence-electron chi connectivity index (χ1n) is 3.27. The number of hydrogen-bond acceptors (Lipinski definition) is 3. The topological polar surface area (TPSA) is 51.2 Å². The van der Waals surface area contributed by atoms with Gasteiger partial charge in [0.15, 0.2) is 0 Å². The van der Waals surface area contributed by atoms with E-state index in [0.29, 0.717) is 0 Å². The maximum absolute atomic E-state index is 7.75. The summed E-state index contributed by atoms with van der Waals surface area (Å²) in [6.07, 6.45) is 2.59. The first-order chi connectivity index (χ1) is 5.77. The van der Waals surface area contributed by atoms with E-state index in [1.807, 2.05) is 0 Å². The predicted octanol–water partition coefficient (Wildman–Crippen LogP) is 1.58. The second-order valence-corrected chi connectivity index (χ2v) is 1.96. The van der Waals surface area contributed by atoms with Crippen LogP contribution in [-0.4, -0.2) is 20.4 Å². The number of hydrogen-bond donors (Lipinski definition) is 0. The van der Waals surface area contributed by atoms with Crippen LogP contribution in [0.2, 0.25) is 0 Å². The molecule has 0 saturated heterocycles. The summed E-state index contributed by atoms with van der Waals surface area (Å²) in [5.41, 5.74) is 0. The van der Waals surface area contributed by atoms with E-state index < -0.39 is 0 Å². The van der Waals surface area contributed by atoms with E-state index in [0.717, 1.165) is 0 Å². The van der Waals surface area contributed by atoms with Gasteiger partial charge >= 0.3 is 19.5 Å². The molecule has 0 saturated carbocycles. The second-order valence-electron chi connectivity index (χ2n) is 1.96. The molecule has 0 aromatic carbocycles. The Balaban J connectivity index is -0.0000000263. The Labute approximate surface area is 94.0 Å². The van der Waals surface area contributed by atoms with Gasteiger partial charge in [0.25, 0.3) is 0 Å². The Morgan fingerprint density at radius 2 is 1.15 bits per heavy atom. The Kier molecular flexibility index (Phi) is 138. The summed E-state index contributed by atoms with van der Waals surface area (Å²) in [7, 11) is 0. The van der Waals surface area contributed by atoms with Gasteiger partial charge in [-0.3, -0.25) is 20.4 Å². The van der Waals surface area contributed by atoms with Crippen LogP contribution in [0, 0.1) is 5.92 Å². The van der Waals surface area contributed by atoms with Gasteiger partial charge in [-0.25, -0.2) is 0 Å². The molecule has 0 amide bonds. The molecule has 0 fully saturated rings. The summed E-state index contributed by atoms with van der Waals surface area (Å²) >= 11 is 0. The monoisotopic (exact) mass is 274 g/mol. The van der Waals surface area contributed by atoms with Crippen molar-refractivity contribution >= 4 is 20.4 Å². The number of rotatable bonds is 2. The SMILES string of the molecule is CCC[C-](C)C.[CH-]=O.[CH-]=O.[CH-]=O.[Ru+4]. The molecule has 0 radical (unpaired) electrons. The molecular weight excluding hydrogens is 257 g/mol. The zero-order chi connectivity index (χ0) is 11.0. The van der Waals surface area contributed by atoms with Gasteiger partial charge in [0, 0.05) is 0 Å². The van der Waals surface area contributed by atoms with Gasteiger partial charge in [-0.2, -0.15) is 20.3 Å². The zero-order valence-electron chi connectivity index (χ0n) is 8.22. The largest absolute Gasteiger partial charge is 4.00 e. The predicted molar refractivity (Wildman–Crippen MR) is 49.8 cm³/mol. The molecule has 3 nitrogen and oxygen atoms in total. The van der Waals surface area contributed by atoms with Gasteiger partial charge < -0.3 is 20.3 Å². The molecule has 0 aromatic rings. The van der Waals surface area contributed by atoms with E-state index >= 15 is 0 Å². The van der Waals surface area contributed by atoms with Gasteiger partial charge in [0.05, 0.1) is 0 Å². The molecule has 0 atom stereocenters. The second kappa shape index (κ2) is 61.3. The fourth-order valence-electron chi connectivity index (χ4n) is 0.500. The van der Waals surface area contributed by atoms with E-state index in [9.17, 15) is 0 Å². The Morgan fingerprint density at radius 1 is 0.923 bits per heavy atom. The van der Waals surface area contributed by atoms with E-state index in [1.165, 1.54) is 18.8 Å². The fraction of sp³-hybridized carbons (Fsp3) is 0.556. The van der Waals surface area contributed by atoms with E-state index in [4.69, 9.17) is 14.4 Å². The summed E-state index contributed by atoms with van der Waals surface area (Å²) in [4.78, 5) is 23.2. The maximum atomic E-state index is 7.75. The van der Waals surface area contributed by atoms with Gasteiger partial charge in [-0.15, -0.1) is 0 Å². The van der Waals surface area contributed by atoms with Crippen LogP contribution in [0.25, 0.3) is 0 Å². The molecule has 4 heteroatoms. The van der Waals surface area contributed by atoms with E-state index in [1.54, 1.807) is 0 Å². The minimum Gasteiger partial charge on any atom is -0.545 e. The molecule has 0 heterocycles. The minimum absolute atomic E-state index is 0. The molecule has 0 aliphatic rings. The average Bonchev–Trinajstić information content (AvgIpc) is 2.14. The summed E-state index contributed by atoms with van der Waals surface area (Å²) in [5, 5.41) is 0. The molecule has 0 rings (SSSR count). The molecule has 0 spiro atoms. The minimum atomic E-state index is 0. The fourth-order valence-corrected chi connectivity index (χ4v) is 0.500.